The monoisotopic (exact) mass is 643 g/mol. The maximum absolute atomic E-state index is 14.2. The number of likely N-dealkylation sites (tertiary alicyclic amines) is 1. The van der Waals surface area contributed by atoms with Crippen LogP contribution in [-0.4, -0.2) is 91.2 Å². The number of ether oxygens (including phenoxy) is 2. The molecule has 13 nitrogen and oxygen atoms in total. The van der Waals surface area contributed by atoms with Gasteiger partial charge >= 0.3 is 0 Å². The van der Waals surface area contributed by atoms with Crippen LogP contribution in [0.15, 0.2) is 36.5 Å². The minimum absolute atomic E-state index is 0.0133. The molecule has 0 spiro atoms. The van der Waals surface area contributed by atoms with Gasteiger partial charge in [0.1, 0.15) is 30.3 Å². The van der Waals surface area contributed by atoms with Crippen molar-refractivity contribution in [3.8, 4) is 5.88 Å². The van der Waals surface area contributed by atoms with Crippen LogP contribution in [0.3, 0.4) is 0 Å². The van der Waals surface area contributed by atoms with Gasteiger partial charge in [0.25, 0.3) is 5.91 Å². The van der Waals surface area contributed by atoms with Crippen LogP contribution >= 0.6 is 0 Å². The smallest absolute Gasteiger partial charge is 0.259 e. The van der Waals surface area contributed by atoms with E-state index >= 15 is 0 Å². The largest absolute Gasteiger partial charge is 0.472 e. The number of methoxy groups -OCH3 is 1. The highest BCUT2D eigenvalue weighted by Gasteiger charge is 2.61. The highest BCUT2D eigenvalue weighted by atomic mass is 32.2. The second kappa shape index (κ2) is 12.2. The molecule has 2 saturated carbocycles. The molecule has 5 atom stereocenters. The van der Waals surface area contributed by atoms with Crippen LogP contribution in [0.5, 0.6) is 5.88 Å². The summed E-state index contributed by atoms with van der Waals surface area (Å²) in [5.41, 5.74) is -2.15. The van der Waals surface area contributed by atoms with E-state index in [4.69, 9.17) is 9.47 Å². The molecule has 2 aliphatic carbocycles. The van der Waals surface area contributed by atoms with Crippen LogP contribution in [0.2, 0.25) is 0 Å². The van der Waals surface area contributed by atoms with Crippen LogP contribution in [0.25, 0.3) is 10.8 Å². The molecular formula is C31H41N5O8S. The average molecular weight is 644 g/mol. The van der Waals surface area contributed by atoms with E-state index in [2.05, 4.69) is 20.3 Å². The molecule has 1 aromatic carbocycles. The van der Waals surface area contributed by atoms with Gasteiger partial charge in [-0.25, -0.2) is 13.4 Å². The Kier molecular flexibility index (Phi) is 8.84. The molecular weight excluding hydrogens is 602 g/mol. The summed E-state index contributed by atoms with van der Waals surface area (Å²) in [4.78, 5) is 59.7. The van der Waals surface area contributed by atoms with Crippen molar-refractivity contribution in [3.05, 3.63) is 36.5 Å². The Morgan fingerprint density at radius 3 is 2.44 bits per heavy atom. The lowest BCUT2D eigenvalue weighted by Crippen LogP contribution is -2.60. The number of hydrogen-bond acceptors (Lipinski definition) is 9. The van der Waals surface area contributed by atoms with Gasteiger partial charge in [0.15, 0.2) is 0 Å². The van der Waals surface area contributed by atoms with Crippen LogP contribution in [0.1, 0.15) is 53.4 Å². The average Bonchev–Trinajstić information content (AvgIpc) is 3.89. The molecule has 3 N–H and O–H groups in total. The Bertz CT molecular complexity index is 1600. The van der Waals surface area contributed by atoms with Crippen molar-refractivity contribution in [3.63, 3.8) is 0 Å². The fourth-order valence-corrected chi connectivity index (χ4v) is 7.19. The molecule has 5 rings (SSSR count). The van der Waals surface area contributed by atoms with Crippen LogP contribution in [0, 0.1) is 11.3 Å². The summed E-state index contributed by atoms with van der Waals surface area (Å²) in [6.07, 6.45) is 2.28. The lowest BCUT2D eigenvalue weighted by atomic mass is 9.85. The zero-order chi connectivity index (χ0) is 32.7. The number of aromatic nitrogens is 1. The number of nitrogens with one attached hydrogen (secondary N) is 3. The van der Waals surface area contributed by atoms with E-state index in [9.17, 15) is 27.6 Å². The number of sulfonamides is 1. The summed E-state index contributed by atoms with van der Waals surface area (Å²) in [6.45, 7) is 6.91. The van der Waals surface area contributed by atoms with Crippen molar-refractivity contribution in [2.45, 2.75) is 82.4 Å². The molecule has 4 amide bonds. The first kappa shape index (κ1) is 32.6. The maximum Gasteiger partial charge on any atom is 0.259 e. The number of pyridine rings is 1. The quantitative estimate of drug-likeness (QED) is 0.326. The van der Waals surface area contributed by atoms with Crippen LogP contribution in [0.4, 0.5) is 0 Å². The van der Waals surface area contributed by atoms with Crippen molar-refractivity contribution in [1.82, 2.24) is 25.2 Å². The fraction of sp³-hybridized carbons (Fsp3) is 0.581. The molecule has 2 heterocycles. The normalized spacial score (nSPS) is 25.4. The number of benzene rings is 1. The Morgan fingerprint density at radius 2 is 1.82 bits per heavy atom. The zero-order valence-corrected chi connectivity index (χ0v) is 27.0. The second-order valence-corrected chi connectivity index (χ2v) is 15.3. The number of hydrogen-bond donors (Lipinski definition) is 3. The number of carbonyl (C=O) groups excluding carboxylic acids is 4. The van der Waals surface area contributed by atoms with E-state index in [0.717, 1.165) is 10.8 Å². The SMILES string of the molecule is COCC(=O)N[C@H](C(=O)N1CC(Oc2nccc3ccccc23)C[C@H]1C(=O)N[C@]1(C(=O)NS(=O)(=O)C2CC2)C[C@H]1C)C(C)(C)C. The first-order valence-corrected chi connectivity index (χ1v) is 16.7. The third-order valence-electron chi connectivity index (χ3n) is 8.72. The summed E-state index contributed by atoms with van der Waals surface area (Å²) in [5.74, 6) is -2.34. The number of amides is 4. The third-order valence-corrected chi connectivity index (χ3v) is 10.5. The van der Waals surface area contributed by atoms with Crippen LogP contribution < -0.4 is 20.1 Å². The summed E-state index contributed by atoms with van der Waals surface area (Å²) in [5, 5.41) is 6.61. The van der Waals surface area contributed by atoms with E-state index in [0.29, 0.717) is 18.7 Å². The molecule has 2 aromatic rings. The van der Waals surface area contributed by atoms with E-state index in [1.165, 1.54) is 12.0 Å². The predicted molar refractivity (Wildman–Crippen MR) is 164 cm³/mol. The Balaban J connectivity index is 1.41. The fourth-order valence-electron chi connectivity index (χ4n) is 5.82. The third kappa shape index (κ3) is 6.91. The summed E-state index contributed by atoms with van der Waals surface area (Å²) < 4.78 is 38.4. The predicted octanol–water partition coefficient (Wildman–Crippen LogP) is 1.26. The number of nitrogens with zero attached hydrogens (tertiary/aromatic N) is 2. The molecule has 244 valence electrons. The first-order chi connectivity index (χ1) is 21.2. The number of fused-ring (bicyclic) bond motifs is 1. The van der Waals surface area contributed by atoms with Crippen molar-refractivity contribution in [2.24, 2.45) is 11.3 Å². The lowest BCUT2D eigenvalue weighted by molar-refractivity contribution is -0.145. The van der Waals surface area contributed by atoms with Crippen molar-refractivity contribution >= 4 is 44.4 Å². The Hall–Kier alpha value is -3.78. The topological polar surface area (TPSA) is 173 Å². The van der Waals surface area contributed by atoms with Gasteiger partial charge < -0.3 is 25.0 Å². The molecule has 3 aliphatic rings. The highest BCUT2D eigenvalue weighted by Crippen LogP contribution is 2.44. The standard InChI is InChI=1S/C31H41N5O8S/c1-18-15-31(18,29(40)35-45(41,42)21-10-11-21)34-26(38)23-14-20(44-27-22-9-7-6-8-19(22)12-13-32-27)16-36(23)28(39)25(30(2,3)4)33-24(37)17-43-5/h6-9,12-13,18,20-21,23,25H,10-11,14-17H2,1-5H3,(H,33,37)(H,34,38)(H,35,40)/t18-,20?,23+,25-,31-/m1/s1. The summed E-state index contributed by atoms with van der Waals surface area (Å²) >= 11 is 0. The van der Waals surface area contributed by atoms with Gasteiger partial charge in [-0.2, -0.15) is 0 Å². The van der Waals surface area contributed by atoms with Gasteiger partial charge in [0, 0.05) is 25.1 Å². The van der Waals surface area contributed by atoms with Gasteiger partial charge in [-0.3, -0.25) is 23.9 Å². The van der Waals surface area contributed by atoms with Gasteiger partial charge in [-0.15, -0.1) is 0 Å². The second-order valence-electron chi connectivity index (χ2n) is 13.4. The Morgan fingerprint density at radius 1 is 1.13 bits per heavy atom. The molecule has 14 heteroatoms. The maximum atomic E-state index is 14.2. The van der Waals surface area contributed by atoms with Gasteiger partial charge in [-0.1, -0.05) is 45.9 Å². The lowest BCUT2D eigenvalue weighted by Gasteiger charge is -2.35. The van der Waals surface area contributed by atoms with E-state index in [-0.39, 0.29) is 31.9 Å². The van der Waals surface area contributed by atoms with Gasteiger partial charge in [-0.05, 0) is 48.1 Å². The van der Waals surface area contributed by atoms with Crippen molar-refractivity contribution < 1.29 is 37.1 Å². The van der Waals surface area contributed by atoms with Crippen molar-refractivity contribution in [2.75, 3.05) is 20.3 Å². The molecule has 0 bridgehead atoms. The van der Waals surface area contributed by atoms with Crippen LogP contribution in [-0.2, 0) is 33.9 Å². The van der Waals surface area contributed by atoms with E-state index in [1.807, 2.05) is 30.3 Å². The van der Waals surface area contributed by atoms with E-state index < -0.39 is 68.0 Å². The number of rotatable bonds is 11. The molecule has 3 fully saturated rings. The molecule has 1 aromatic heterocycles. The molecule has 0 radical (unpaired) electrons. The Labute approximate surface area is 262 Å². The minimum Gasteiger partial charge on any atom is -0.472 e. The minimum atomic E-state index is -3.83. The molecule has 1 aliphatic heterocycles. The molecule has 45 heavy (non-hydrogen) atoms. The van der Waals surface area contributed by atoms with Crippen molar-refractivity contribution in [1.29, 1.82) is 0 Å². The summed E-state index contributed by atoms with van der Waals surface area (Å²) in [6, 6.07) is 7.32. The number of carbonyl (C=O) groups is 4. The van der Waals surface area contributed by atoms with E-state index in [1.54, 1.807) is 33.9 Å². The highest BCUT2D eigenvalue weighted by molar-refractivity contribution is 7.91. The molecule has 1 saturated heterocycles. The first-order valence-electron chi connectivity index (χ1n) is 15.1. The zero-order valence-electron chi connectivity index (χ0n) is 26.2. The molecule has 1 unspecified atom stereocenters. The summed E-state index contributed by atoms with van der Waals surface area (Å²) in [7, 11) is -2.46. The van der Waals surface area contributed by atoms with Gasteiger partial charge in [0.2, 0.25) is 33.6 Å². The van der Waals surface area contributed by atoms with Gasteiger partial charge in [0.05, 0.1) is 11.8 Å².